The Morgan fingerprint density at radius 3 is 2.79 bits per heavy atom. The number of carboxylic acid groups (broad SMARTS) is 1. The fraction of sp³-hybridized carbons (Fsp3) is 0.318. The van der Waals surface area contributed by atoms with E-state index in [1.54, 1.807) is 23.1 Å². The van der Waals surface area contributed by atoms with Gasteiger partial charge in [-0.15, -0.1) is 0 Å². The van der Waals surface area contributed by atoms with Crippen LogP contribution in [0.3, 0.4) is 0 Å². The van der Waals surface area contributed by atoms with Gasteiger partial charge in [-0.1, -0.05) is 24.3 Å². The van der Waals surface area contributed by atoms with E-state index in [2.05, 4.69) is 6.07 Å². The van der Waals surface area contributed by atoms with Gasteiger partial charge in [-0.25, -0.2) is 4.39 Å². The molecular weight excluding hydrogens is 359 g/mol. The zero-order valence-corrected chi connectivity index (χ0v) is 15.4. The largest absolute Gasteiger partial charge is 0.481 e. The van der Waals surface area contributed by atoms with Crippen LogP contribution in [0.5, 0.6) is 0 Å². The third-order valence-electron chi connectivity index (χ3n) is 4.97. The second kappa shape index (κ2) is 8.66. The molecule has 1 aliphatic rings. The van der Waals surface area contributed by atoms with Crippen LogP contribution in [0, 0.1) is 23.1 Å². The lowest BCUT2D eigenvalue weighted by molar-refractivity contribution is -0.136. The van der Waals surface area contributed by atoms with Crippen LogP contribution in [0.15, 0.2) is 42.5 Å². The summed E-state index contributed by atoms with van der Waals surface area (Å²) < 4.78 is 14.3. The van der Waals surface area contributed by atoms with Crippen LogP contribution in [0.1, 0.15) is 35.2 Å². The number of rotatable bonds is 5. The summed E-state index contributed by atoms with van der Waals surface area (Å²) in [5, 5.41) is 18.1. The fourth-order valence-corrected chi connectivity index (χ4v) is 3.58. The number of carbonyl (C=O) groups excluding carboxylic acids is 1. The van der Waals surface area contributed by atoms with Crippen molar-refractivity contribution in [3.8, 4) is 17.2 Å². The number of benzene rings is 2. The SMILES string of the molecule is N#CC1CCCN(C(=O)c2cc(F)cc(-c3ccccc3CCC(=O)O)c2)C1. The molecule has 5 nitrogen and oxygen atoms in total. The Kier molecular flexibility index (Phi) is 6.05. The summed E-state index contributed by atoms with van der Waals surface area (Å²) in [5.41, 5.74) is 2.28. The summed E-state index contributed by atoms with van der Waals surface area (Å²) in [6, 6.07) is 13.6. The number of amides is 1. The number of carbonyl (C=O) groups is 2. The molecule has 2 aromatic rings. The molecule has 0 bridgehead atoms. The van der Waals surface area contributed by atoms with E-state index in [4.69, 9.17) is 10.4 Å². The van der Waals surface area contributed by atoms with E-state index in [1.165, 1.54) is 12.1 Å². The van der Waals surface area contributed by atoms with E-state index < -0.39 is 11.8 Å². The predicted molar refractivity (Wildman–Crippen MR) is 102 cm³/mol. The average molecular weight is 380 g/mol. The Bertz CT molecular complexity index is 936. The van der Waals surface area contributed by atoms with Gasteiger partial charge in [0.25, 0.3) is 5.91 Å². The van der Waals surface area contributed by atoms with Crippen molar-refractivity contribution in [1.29, 1.82) is 5.26 Å². The van der Waals surface area contributed by atoms with Crippen LogP contribution < -0.4 is 0 Å². The highest BCUT2D eigenvalue weighted by Gasteiger charge is 2.25. The Labute approximate surface area is 163 Å². The number of nitrogens with zero attached hydrogens (tertiary/aromatic N) is 2. The van der Waals surface area contributed by atoms with Crippen molar-refractivity contribution in [3.63, 3.8) is 0 Å². The van der Waals surface area contributed by atoms with Crippen molar-refractivity contribution in [2.75, 3.05) is 13.1 Å². The number of hydrogen-bond acceptors (Lipinski definition) is 3. The first-order chi connectivity index (χ1) is 13.5. The van der Waals surface area contributed by atoms with Gasteiger partial charge in [0, 0.05) is 25.1 Å². The molecule has 0 saturated carbocycles. The molecule has 1 aliphatic heterocycles. The molecule has 0 aliphatic carbocycles. The molecule has 3 rings (SSSR count). The Balaban J connectivity index is 1.91. The first-order valence-corrected chi connectivity index (χ1v) is 9.27. The molecule has 1 N–H and O–H groups in total. The lowest BCUT2D eigenvalue weighted by atomic mass is 9.94. The van der Waals surface area contributed by atoms with Gasteiger partial charge in [-0.2, -0.15) is 5.26 Å². The highest BCUT2D eigenvalue weighted by Crippen LogP contribution is 2.28. The van der Waals surface area contributed by atoms with Crippen molar-refractivity contribution in [2.45, 2.75) is 25.7 Å². The van der Waals surface area contributed by atoms with Gasteiger partial charge in [0.1, 0.15) is 5.82 Å². The minimum atomic E-state index is -0.901. The van der Waals surface area contributed by atoms with Crippen molar-refractivity contribution < 1.29 is 19.1 Å². The molecule has 1 unspecified atom stereocenters. The lowest BCUT2D eigenvalue weighted by Gasteiger charge is -2.29. The third-order valence-corrected chi connectivity index (χ3v) is 4.97. The van der Waals surface area contributed by atoms with Gasteiger partial charge in [0.2, 0.25) is 0 Å². The quantitative estimate of drug-likeness (QED) is 0.853. The molecule has 1 heterocycles. The summed E-state index contributed by atoms with van der Waals surface area (Å²) in [7, 11) is 0. The van der Waals surface area contributed by atoms with Crippen LogP contribution in [0.25, 0.3) is 11.1 Å². The number of nitriles is 1. The topological polar surface area (TPSA) is 81.4 Å². The molecule has 144 valence electrons. The minimum absolute atomic E-state index is 0.0263. The van der Waals surface area contributed by atoms with Gasteiger partial charge in [-0.05, 0) is 54.2 Å². The monoisotopic (exact) mass is 380 g/mol. The van der Waals surface area contributed by atoms with E-state index in [0.717, 1.165) is 18.4 Å². The first-order valence-electron chi connectivity index (χ1n) is 9.27. The number of carboxylic acids is 1. The van der Waals surface area contributed by atoms with Crippen LogP contribution in [0.4, 0.5) is 4.39 Å². The van der Waals surface area contributed by atoms with Crippen LogP contribution in [-0.2, 0) is 11.2 Å². The molecule has 28 heavy (non-hydrogen) atoms. The van der Waals surface area contributed by atoms with Gasteiger partial charge in [0.05, 0.1) is 12.0 Å². The molecule has 2 aromatic carbocycles. The summed E-state index contributed by atoms with van der Waals surface area (Å²) in [6.45, 7) is 0.911. The van der Waals surface area contributed by atoms with Crippen molar-refractivity contribution in [1.82, 2.24) is 4.90 Å². The average Bonchev–Trinajstić information content (AvgIpc) is 2.71. The van der Waals surface area contributed by atoms with Crippen LogP contribution >= 0.6 is 0 Å². The number of hydrogen-bond donors (Lipinski definition) is 1. The smallest absolute Gasteiger partial charge is 0.303 e. The van der Waals surface area contributed by atoms with Gasteiger partial charge in [-0.3, -0.25) is 9.59 Å². The standard InChI is InChI=1S/C22H21FN2O3/c23-19-11-17(20-6-2-1-5-16(20)7-8-21(26)27)10-18(12-19)22(28)25-9-3-4-15(13-24)14-25/h1-2,5-6,10-12,15H,3-4,7-9,14H2,(H,26,27). The maximum absolute atomic E-state index is 14.3. The number of aryl methyl sites for hydroxylation is 1. The number of piperidine rings is 1. The van der Waals surface area contributed by atoms with Crippen LogP contribution in [0.2, 0.25) is 0 Å². The maximum atomic E-state index is 14.3. The van der Waals surface area contributed by atoms with E-state index >= 15 is 0 Å². The molecule has 6 heteroatoms. The number of aliphatic carboxylic acids is 1. The fourth-order valence-electron chi connectivity index (χ4n) is 3.58. The van der Waals surface area contributed by atoms with Crippen molar-refractivity contribution in [2.24, 2.45) is 5.92 Å². The van der Waals surface area contributed by atoms with Crippen molar-refractivity contribution in [3.05, 3.63) is 59.4 Å². The van der Waals surface area contributed by atoms with Gasteiger partial charge in [0.15, 0.2) is 0 Å². The van der Waals surface area contributed by atoms with E-state index in [1.807, 2.05) is 12.1 Å². The highest BCUT2D eigenvalue weighted by molar-refractivity contribution is 5.95. The van der Waals surface area contributed by atoms with E-state index in [0.29, 0.717) is 30.6 Å². The summed E-state index contributed by atoms with van der Waals surface area (Å²) >= 11 is 0. The second-order valence-corrected chi connectivity index (χ2v) is 7.00. The molecule has 1 saturated heterocycles. The number of likely N-dealkylation sites (tertiary alicyclic amines) is 1. The summed E-state index contributed by atoms with van der Waals surface area (Å²) in [5.74, 6) is -1.91. The highest BCUT2D eigenvalue weighted by atomic mass is 19.1. The predicted octanol–water partition coefficient (Wildman–Crippen LogP) is 3.89. The van der Waals surface area contributed by atoms with Gasteiger partial charge < -0.3 is 10.0 Å². The Hall–Kier alpha value is -3.20. The van der Waals surface area contributed by atoms with E-state index in [-0.39, 0.29) is 23.8 Å². The molecule has 1 atom stereocenters. The van der Waals surface area contributed by atoms with Crippen LogP contribution in [-0.4, -0.2) is 35.0 Å². The van der Waals surface area contributed by atoms with Crippen molar-refractivity contribution >= 4 is 11.9 Å². The Morgan fingerprint density at radius 2 is 2.04 bits per heavy atom. The minimum Gasteiger partial charge on any atom is -0.481 e. The third kappa shape index (κ3) is 4.55. The van der Waals surface area contributed by atoms with Gasteiger partial charge >= 0.3 is 5.97 Å². The molecule has 1 fully saturated rings. The first kappa shape index (κ1) is 19.6. The molecular formula is C22H21FN2O3. The zero-order valence-electron chi connectivity index (χ0n) is 15.4. The second-order valence-electron chi connectivity index (χ2n) is 7.00. The molecule has 0 aromatic heterocycles. The normalized spacial score (nSPS) is 16.4. The van der Waals surface area contributed by atoms with E-state index in [9.17, 15) is 14.0 Å². The molecule has 0 spiro atoms. The lowest BCUT2D eigenvalue weighted by Crippen LogP contribution is -2.39. The Morgan fingerprint density at radius 1 is 1.25 bits per heavy atom. The summed E-state index contributed by atoms with van der Waals surface area (Å²) in [6.07, 6.45) is 1.82. The number of halogens is 1. The maximum Gasteiger partial charge on any atom is 0.303 e. The molecule has 0 radical (unpaired) electrons. The zero-order chi connectivity index (χ0) is 20.1. The molecule has 1 amide bonds. The summed E-state index contributed by atoms with van der Waals surface area (Å²) in [4.78, 5) is 25.4.